The van der Waals surface area contributed by atoms with Gasteiger partial charge in [-0.15, -0.1) is 6.58 Å². The lowest BCUT2D eigenvalue weighted by Gasteiger charge is -2.41. The first-order valence-electron chi connectivity index (χ1n) is 9.54. The second-order valence-corrected chi connectivity index (χ2v) is 7.66. The standard InChI is InChI=1S/C22H26O7/c1-6-7-13-10-21(26-4)12(2)17(22(27-5,19(13)23)20(21)24)14-8-15(25-3)18-16(9-14)28-11-29-18/h6,8-10,12,17,19,23H,1,7,11H2,2-5H3/t12-,17+,19-,21+,22+/m1/s1. The monoisotopic (exact) mass is 402 g/mol. The average Bonchev–Trinajstić information content (AvgIpc) is 3.25. The number of rotatable bonds is 6. The third-order valence-corrected chi connectivity index (χ3v) is 6.60. The lowest BCUT2D eigenvalue weighted by Crippen LogP contribution is -2.59. The van der Waals surface area contributed by atoms with Gasteiger partial charge in [0.25, 0.3) is 0 Å². The highest BCUT2D eigenvalue weighted by atomic mass is 16.7. The molecule has 5 atom stereocenters. The van der Waals surface area contributed by atoms with Crippen LogP contribution in [-0.4, -0.2) is 56.3 Å². The Balaban J connectivity index is 1.94. The van der Waals surface area contributed by atoms with E-state index in [0.29, 0.717) is 29.2 Å². The zero-order valence-electron chi connectivity index (χ0n) is 17.1. The summed E-state index contributed by atoms with van der Waals surface area (Å²) in [6, 6.07) is 3.64. The van der Waals surface area contributed by atoms with E-state index in [0.717, 1.165) is 5.56 Å². The van der Waals surface area contributed by atoms with Gasteiger partial charge in [0.05, 0.1) is 7.11 Å². The zero-order valence-corrected chi connectivity index (χ0v) is 17.1. The van der Waals surface area contributed by atoms with Crippen LogP contribution < -0.4 is 14.2 Å². The maximum absolute atomic E-state index is 13.7. The molecule has 0 unspecified atom stereocenters. The molecule has 1 aromatic rings. The number of allylic oxidation sites excluding steroid dienone is 1. The summed E-state index contributed by atoms with van der Waals surface area (Å²) >= 11 is 0. The third-order valence-electron chi connectivity index (χ3n) is 6.60. The largest absolute Gasteiger partial charge is 0.493 e. The third kappa shape index (κ3) is 2.38. The Kier molecular flexibility index (Phi) is 4.72. The molecule has 0 aromatic heterocycles. The van der Waals surface area contributed by atoms with Gasteiger partial charge < -0.3 is 28.8 Å². The molecule has 0 amide bonds. The molecule has 1 N–H and O–H groups in total. The maximum Gasteiger partial charge on any atom is 0.231 e. The number of benzene rings is 1. The van der Waals surface area contributed by atoms with E-state index in [4.69, 9.17) is 23.7 Å². The van der Waals surface area contributed by atoms with E-state index in [1.807, 2.05) is 19.1 Å². The number of hydrogen-bond acceptors (Lipinski definition) is 7. The minimum Gasteiger partial charge on any atom is -0.493 e. The van der Waals surface area contributed by atoms with E-state index < -0.39 is 23.2 Å². The fourth-order valence-electron chi connectivity index (χ4n) is 5.27. The fraction of sp³-hybridized carbons (Fsp3) is 0.500. The predicted molar refractivity (Wildman–Crippen MR) is 104 cm³/mol. The van der Waals surface area contributed by atoms with Gasteiger partial charge in [-0.05, 0) is 35.8 Å². The summed E-state index contributed by atoms with van der Waals surface area (Å²) in [5.74, 6) is 0.452. The van der Waals surface area contributed by atoms with Crippen molar-refractivity contribution < 1.29 is 33.6 Å². The summed E-state index contributed by atoms with van der Waals surface area (Å²) in [4.78, 5) is 13.7. The molecule has 1 aromatic carbocycles. The number of hydrogen-bond donors (Lipinski definition) is 1. The van der Waals surface area contributed by atoms with Crippen molar-refractivity contribution in [2.45, 2.75) is 36.6 Å². The quantitative estimate of drug-likeness (QED) is 0.732. The summed E-state index contributed by atoms with van der Waals surface area (Å²) in [5, 5.41) is 11.3. The lowest BCUT2D eigenvalue weighted by molar-refractivity contribution is -0.163. The molecule has 7 heteroatoms. The number of ether oxygens (including phenoxy) is 5. The predicted octanol–water partition coefficient (Wildman–Crippen LogP) is 2.37. The summed E-state index contributed by atoms with van der Waals surface area (Å²) in [6.45, 7) is 5.80. The van der Waals surface area contributed by atoms with E-state index in [1.54, 1.807) is 19.3 Å². The minimum atomic E-state index is -1.50. The highest BCUT2D eigenvalue weighted by Gasteiger charge is 2.72. The first-order chi connectivity index (χ1) is 13.9. The Hall–Kier alpha value is -2.35. The molecular formula is C22H26O7. The Morgan fingerprint density at radius 1 is 1.28 bits per heavy atom. The molecule has 3 aliphatic rings. The summed E-state index contributed by atoms with van der Waals surface area (Å²) in [7, 11) is 4.51. The lowest BCUT2D eigenvalue weighted by atomic mass is 9.74. The van der Waals surface area contributed by atoms with Crippen LogP contribution in [0.5, 0.6) is 17.2 Å². The zero-order chi connectivity index (χ0) is 21.0. The number of ketones is 1. The number of aliphatic hydroxyl groups excluding tert-OH is 1. The van der Waals surface area contributed by atoms with Crippen molar-refractivity contribution in [3.05, 3.63) is 42.0 Å². The molecule has 1 heterocycles. The van der Waals surface area contributed by atoms with Gasteiger partial charge >= 0.3 is 0 Å². The number of fused-ring (bicyclic) bond motifs is 3. The molecule has 7 nitrogen and oxygen atoms in total. The van der Waals surface area contributed by atoms with Gasteiger partial charge in [-0.3, -0.25) is 4.79 Å². The van der Waals surface area contributed by atoms with Gasteiger partial charge in [-0.2, -0.15) is 0 Å². The molecule has 29 heavy (non-hydrogen) atoms. The van der Waals surface area contributed by atoms with E-state index >= 15 is 0 Å². The van der Waals surface area contributed by atoms with E-state index in [2.05, 4.69) is 6.58 Å². The van der Waals surface area contributed by atoms with Crippen LogP contribution in [0.25, 0.3) is 0 Å². The van der Waals surface area contributed by atoms with Crippen molar-refractivity contribution in [3.8, 4) is 17.2 Å². The second kappa shape index (κ2) is 6.86. The van der Waals surface area contributed by atoms with Gasteiger partial charge in [0.1, 0.15) is 6.10 Å². The molecule has 1 fully saturated rings. The first kappa shape index (κ1) is 19.9. The highest BCUT2D eigenvalue weighted by molar-refractivity contribution is 6.03. The summed E-state index contributed by atoms with van der Waals surface area (Å²) in [6.07, 6.45) is 2.73. The van der Waals surface area contributed by atoms with E-state index in [9.17, 15) is 9.90 Å². The molecular weight excluding hydrogens is 376 g/mol. The molecule has 0 spiro atoms. The Morgan fingerprint density at radius 3 is 2.66 bits per heavy atom. The number of carbonyl (C=O) groups is 1. The van der Waals surface area contributed by atoms with Gasteiger partial charge in [-0.25, -0.2) is 0 Å². The number of aliphatic hydroxyl groups is 1. The van der Waals surface area contributed by atoms with Crippen molar-refractivity contribution in [1.82, 2.24) is 0 Å². The Morgan fingerprint density at radius 2 is 2.03 bits per heavy atom. The van der Waals surface area contributed by atoms with E-state index in [1.165, 1.54) is 14.2 Å². The van der Waals surface area contributed by atoms with Crippen LogP contribution in [0.1, 0.15) is 24.8 Å². The van der Waals surface area contributed by atoms with E-state index in [-0.39, 0.29) is 18.5 Å². The van der Waals surface area contributed by atoms with Crippen molar-refractivity contribution in [2.75, 3.05) is 28.1 Å². The van der Waals surface area contributed by atoms with Gasteiger partial charge in [-0.1, -0.05) is 13.0 Å². The molecule has 0 saturated heterocycles. The Labute approximate surface area is 169 Å². The topological polar surface area (TPSA) is 83.5 Å². The number of Topliss-reactive ketones (excluding diaryl/α,β-unsaturated/α-hetero) is 1. The van der Waals surface area contributed by atoms with Crippen LogP contribution >= 0.6 is 0 Å². The molecule has 1 saturated carbocycles. The highest BCUT2D eigenvalue weighted by Crippen LogP contribution is 2.60. The SMILES string of the molecule is C=CCC1=C[C@@]2(OC)C(=O)[C@@](OC)([C@@H]1O)[C@H](c1cc(OC)c3c(c1)OCO3)[C@H]2C. The van der Waals surface area contributed by atoms with Crippen LogP contribution in [-0.2, 0) is 14.3 Å². The average molecular weight is 402 g/mol. The molecule has 156 valence electrons. The first-order valence-corrected chi connectivity index (χ1v) is 9.54. The number of methoxy groups -OCH3 is 3. The molecule has 4 rings (SSSR count). The van der Waals surface area contributed by atoms with Crippen molar-refractivity contribution in [1.29, 1.82) is 0 Å². The minimum absolute atomic E-state index is 0.0966. The summed E-state index contributed by atoms with van der Waals surface area (Å²) in [5.41, 5.74) is -1.30. The normalized spacial score (nSPS) is 34.9. The van der Waals surface area contributed by atoms with Crippen molar-refractivity contribution in [2.24, 2.45) is 5.92 Å². The van der Waals surface area contributed by atoms with Crippen LogP contribution in [0.2, 0.25) is 0 Å². The van der Waals surface area contributed by atoms with Crippen LogP contribution in [0.4, 0.5) is 0 Å². The van der Waals surface area contributed by atoms with Gasteiger partial charge in [0.15, 0.2) is 22.7 Å². The molecule has 2 bridgehead atoms. The van der Waals surface area contributed by atoms with Crippen LogP contribution in [0.15, 0.2) is 36.4 Å². The Bertz CT molecular complexity index is 891. The van der Waals surface area contributed by atoms with Gasteiger partial charge in [0, 0.05) is 26.1 Å². The number of carbonyl (C=O) groups excluding carboxylic acids is 1. The van der Waals surface area contributed by atoms with Crippen molar-refractivity contribution in [3.63, 3.8) is 0 Å². The maximum atomic E-state index is 13.7. The second-order valence-electron chi connectivity index (χ2n) is 7.66. The van der Waals surface area contributed by atoms with Crippen molar-refractivity contribution >= 4 is 5.78 Å². The smallest absolute Gasteiger partial charge is 0.231 e. The molecule has 2 aliphatic carbocycles. The fourth-order valence-corrected chi connectivity index (χ4v) is 5.27. The van der Waals surface area contributed by atoms with Crippen LogP contribution in [0.3, 0.4) is 0 Å². The molecule has 0 radical (unpaired) electrons. The summed E-state index contributed by atoms with van der Waals surface area (Å²) < 4.78 is 28.2. The van der Waals surface area contributed by atoms with Gasteiger partial charge in [0.2, 0.25) is 18.3 Å². The molecule has 1 aliphatic heterocycles. The van der Waals surface area contributed by atoms with Crippen LogP contribution in [0, 0.1) is 5.92 Å².